The van der Waals surface area contributed by atoms with Crippen LogP contribution in [0.2, 0.25) is 0 Å². The van der Waals surface area contributed by atoms with Crippen LogP contribution in [0.25, 0.3) is 21.9 Å². The minimum Gasteiger partial charge on any atom is -0.493 e. The first-order valence-electron chi connectivity index (χ1n) is 6.40. The van der Waals surface area contributed by atoms with Crippen molar-refractivity contribution in [3.05, 3.63) is 22.5 Å². The van der Waals surface area contributed by atoms with E-state index in [0.717, 1.165) is 10.9 Å². The SMILES string of the molecule is COc1cc2[nH]c3c(=O)[nH]c(N(C)C)nc3c2cc1OC. The van der Waals surface area contributed by atoms with Crippen LogP contribution in [-0.4, -0.2) is 43.3 Å². The maximum absolute atomic E-state index is 12.2. The van der Waals surface area contributed by atoms with E-state index in [0.29, 0.717) is 28.5 Å². The molecule has 0 amide bonds. The number of nitrogens with one attached hydrogen (secondary N) is 2. The predicted octanol–water partition coefficient (Wildman–Crippen LogP) is 1.49. The summed E-state index contributed by atoms with van der Waals surface area (Å²) < 4.78 is 10.6. The smallest absolute Gasteiger partial charge is 0.276 e. The van der Waals surface area contributed by atoms with Crippen LogP contribution >= 0.6 is 0 Å². The summed E-state index contributed by atoms with van der Waals surface area (Å²) in [5.41, 5.74) is 1.61. The van der Waals surface area contributed by atoms with Crippen molar-refractivity contribution in [1.82, 2.24) is 15.0 Å². The third-order valence-electron chi connectivity index (χ3n) is 3.37. The highest BCUT2D eigenvalue weighted by atomic mass is 16.5. The van der Waals surface area contributed by atoms with E-state index < -0.39 is 0 Å². The summed E-state index contributed by atoms with van der Waals surface area (Å²) in [5.74, 6) is 1.70. The van der Waals surface area contributed by atoms with Crippen LogP contribution in [0.5, 0.6) is 11.5 Å². The van der Waals surface area contributed by atoms with Gasteiger partial charge in [0.05, 0.1) is 19.7 Å². The Balaban J connectivity index is 2.42. The minimum atomic E-state index is -0.210. The third kappa shape index (κ3) is 1.97. The molecule has 0 spiro atoms. The molecule has 3 aromatic rings. The molecular weight excluding hydrogens is 272 g/mol. The Bertz CT molecular complexity index is 879. The van der Waals surface area contributed by atoms with Crippen molar-refractivity contribution < 1.29 is 9.47 Å². The molecule has 0 saturated heterocycles. The normalized spacial score (nSPS) is 11.0. The molecule has 2 heterocycles. The molecule has 0 fully saturated rings. The molecule has 3 rings (SSSR count). The topological polar surface area (TPSA) is 83.2 Å². The molecule has 0 radical (unpaired) electrons. The van der Waals surface area contributed by atoms with Crippen LogP contribution < -0.4 is 19.9 Å². The number of aromatic nitrogens is 3. The fourth-order valence-corrected chi connectivity index (χ4v) is 2.30. The highest BCUT2D eigenvalue weighted by Gasteiger charge is 2.15. The van der Waals surface area contributed by atoms with Crippen LogP contribution in [0.1, 0.15) is 0 Å². The van der Waals surface area contributed by atoms with Gasteiger partial charge in [-0.3, -0.25) is 9.78 Å². The standard InChI is InChI=1S/C14H16N4O3/c1-18(2)14-16-11-7-5-9(20-3)10(21-4)6-8(7)15-12(11)13(19)17-14/h5-6,15H,1-4H3,(H,16,17,19). The molecule has 7 nitrogen and oxygen atoms in total. The molecule has 0 atom stereocenters. The number of hydrogen-bond acceptors (Lipinski definition) is 5. The molecule has 2 N–H and O–H groups in total. The summed E-state index contributed by atoms with van der Waals surface area (Å²) in [6, 6.07) is 3.61. The first-order valence-corrected chi connectivity index (χ1v) is 6.40. The van der Waals surface area contributed by atoms with Gasteiger partial charge in [-0.15, -0.1) is 0 Å². The van der Waals surface area contributed by atoms with Crippen LogP contribution in [-0.2, 0) is 0 Å². The molecule has 110 valence electrons. The van der Waals surface area contributed by atoms with Gasteiger partial charge in [0.2, 0.25) is 5.95 Å². The van der Waals surface area contributed by atoms with Crippen molar-refractivity contribution in [3.63, 3.8) is 0 Å². The highest BCUT2D eigenvalue weighted by molar-refractivity contribution is 6.06. The van der Waals surface area contributed by atoms with Gasteiger partial charge in [0, 0.05) is 25.5 Å². The molecule has 0 bridgehead atoms. The number of methoxy groups -OCH3 is 2. The Morgan fingerprint density at radius 2 is 1.76 bits per heavy atom. The Morgan fingerprint density at radius 3 is 2.38 bits per heavy atom. The van der Waals surface area contributed by atoms with Gasteiger partial charge in [-0.05, 0) is 6.07 Å². The summed E-state index contributed by atoms with van der Waals surface area (Å²) in [6.07, 6.45) is 0. The number of hydrogen-bond donors (Lipinski definition) is 2. The first-order chi connectivity index (χ1) is 10.0. The van der Waals surface area contributed by atoms with Gasteiger partial charge in [0.15, 0.2) is 11.5 Å². The van der Waals surface area contributed by atoms with Gasteiger partial charge in [-0.2, -0.15) is 0 Å². The van der Waals surface area contributed by atoms with Crippen LogP contribution in [0, 0.1) is 0 Å². The van der Waals surface area contributed by atoms with E-state index in [4.69, 9.17) is 9.47 Å². The molecule has 0 aliphatic rings. The molecular formula is C14H16N4O3. The van der Waals surface area contributed by atoms with Gasteiger partial charge < -0.3 is 19.4 Å². The number of anilines is 1. The van der Waals surface area contributed by atoms with Gasteiger partial charge in [-0.25, -0.2) is 4.98 Å². The number of aromatic amines is 2. The summed E-state index contributed by atoms with van der Waals surface area (Å²) in [6.45, 7) is 0. The van der Waals surface area contributed by atoms with E-state index in [1.165, 1.54) is 0 Å². The quantitative estimate of drug-likeness (QED) is 0.763. The van der Waals surface area contributed by atoms with Crippen LogP contribution in [0.15, 0.2) is 16.9 Å². The lowest BCUT2D eigenvalue weighted by atomic mass is 10.2. The average molecular weight is 288 g/mol. The molecule has 0 unspecified atom stereocenters. The molecule has 0 saturated carbocycles. The maximum Gasteiger partial charge on any atom is 0.276 e. The van der Waals surface area contributed by atoms with Crippen molar-refractivity contribution >= 4 is 27.9 Å². The van der Waals surface area contributed by atoms with E-state index >= 15 is 0 Å². The van der Waals surface area contributed by atoms with Gasteiger partial charge >= 0.3 is 0 Å². The highest BCUT2D eigenvalue weighted by Crippen LogP contribution is 2.34. The second-order valence-electron chi connectivity index (χ2n) is 4.89. The lowest BCUT2D eigenvalue weighted by Gasteiger charge is -2.10. The Kier molecular flexibility index (Phi) is 2.97. The number of benzene rings is 1. The van der Waals surface area contributed by atoms with Crippen molar-refractivity contribution in [2.45, 2.75) is 0 Å². The summed E-state index contributed by atoms with van der Waals surface area (Å²) in [5, 5.41) is 0.817. The molecule has 0 aliphatic carbocycles. The monoisotopic (exact) mass is 288 g/mol. The van der Waals surface area contributed by atoms with E-state index in [1.807, 2.05) is 20.2 Å². The average Bonchev–Trinajstić information content (AvgIpc) is 2.83. The summed E-state index contributed by atoms with van der Waals surface area (Å²) in [7, 11) is 6.79. The van der Waals surface area contributed by atoms with Crippen molar-refractivity contribution in [2.75, 3.05) is 33.2 Å². The molecule has 1 aromatic carbocycles. The number of fused-ring (bicyclic) bond motifs is 3. The zero-order valence-corrected chi connectivity index (χ0v) is 12.3. The van der Waals surface area contributed by atoms with E-state index in [9.17, 15) is 4.79 Å². The molecule has 0 aliphatic heterocycles. The van der Waals surface area contributed by atoms with E-state index in [-0.39, 0.29) is 5.56 Å². The third-order valence-corrected chi connectivity index (χ3v) is 3.37. The fraction of sp³-hybridized carbons (Fsp3) is 0.286. The van der Waals surface area contributed by atoms with E-state index in [2.05, 4.69) is 15.0 Å². The van der Waals surface area contributed by atoms with E-state index in [1.54, 1.807) is 25.2 Å². The van der Waals surface area contributed by atoms with Gasteiger partial charge in [0.25, 0.3) is 5.56 Å². The number of H-pyrrole nitrogens is 2. The van der Waals surface area contributed by atoms with Gasteiger partial charge in [0.1, 0.15) is 11.0 Å². The predicted molar refractivity (Wildman–Crippen MR) is 81.7 cm³/mol. The number of nitrogens with zero attached hydrogens (tertiary/aromatic N) is 2. The van der Waals surface area contributed by atoms with Crippen LogP contribution in [0.3, 0.4) is 0 Å². The first kappa shape index (κ1) is 13.3. The van der Waals surface area contributed by atoms with Crippen molar-refractivity contribution in [3.8, 4) is 11.5 Å². The molecule has 21 heavy (non-hydrogen) atoms. The number of ether oxygens (including phenoxy) is 2. The zero-order chi connectivity index (χ0) is 15.1. The maximum atomic E-state index is 12.2. The largest absolute Gasteiger partial charge is 0.493 e. The Labute approximate surface area is 120 Å². The molecule has 7 heteroatoms. The summed E-state index contributed by atoms with van der Waals surface area (Å²) in [4.78, 5) is 24.2. The van der Waals surface area contributed by atoms with Crippen LogP contribution in [0.4, 0.5) is 5.95 Å². The second kappa shape index (κ2) is 4.69. The lowest BCUT2D eigenvalue weighted by Crippen LogP contribution is -2.18. The minimum absolute atomic E-state index is 0.210. The summed E-state index contributed by atoms with van der Waals surface area (Å²) >= 11 is 0. The van der Waals surface area contributed by atoms with Gasteiger partial charge in [-0.1, -0.05) is 0 Å². The fourth-order valence-electron chi connectivity index (χ4n) is 2.30. The van der Waals surface area contributed by atoms with Crippen molar-refractivity contribution in [1.29, 1.82) is 0 Å². The lowest BCUT2D eigenvalue weighted by molar-refractivity contribution is 0.356. The second-order valence-corrected chi connectivity index (χ2v) is 4.89. The molecule has 2 aromatic heterocycles. The zero-order valence-electron chi connectivity index (χ0n) is 12.3. The number of rotatable bonds is 3. The Hall–Kier alpha value is -2.70. The van der Waals surface area contributed by atoms with Crippen molar-refractivity contribution in [2.24, 2.45) is 0 Å². The Morgan fingerprint density at radius 1 is 1.10 bits per heavy atom.